The van der Waals surface area contributed by atoms with E-state index in [1.807, 2.05) is 90.9 Å². The molecular weight excluding hydrogens is 853 g/mol. The second kappa shape index (κ2) is 25.9. The molecule has 1 fully saturated rings. The van der Waals surface area contributed by atoms with Crippen molar-refractivity contribution in [1.29, 1.82) is 0 Å². The number of ether oxygens (including phenoxy) is 2. The summed E-state index contributed by atoms with van der Waals surface area (Å²) >= 11 is 1.25. The van der Waals surface area contributed by atoms with Crippen LogP contribution in [0, 0.1) is 23.7 Å². The second-order valence-corrected chi connectivity index (χ2v) is 19.1. The van der Waals surface area contributed by atoms with Gasteiger partial charge in [-0.15, -0.1) is 11.3 Å². The molecule has 17 nitrogen and oxygen atoms in total. The van der Waals surface area contributed by atoms with Crippen molar-refractivity contribution in [3.63, 3.8) is 0 Å². The van der Waals surface area contributed by atoms with Crippen LogP contribution in [0.15, 0.2) is 35.7 Å². The molecule has 1 saturated heterocycles. The summed E-state index contributed by atoms with van der Waals surface area (Å²) in [4.78, 5) is 92.0. The Morgan fingerprint density at radius 2 is 1.58 bits per heavy atom. The van der Waals surface area contributed by atoms with Crippen LogP contribution in [0.2, 0.25) is 0 Å². The van der Waals surface area contributed by atoms with Gasteiger partial charge in [-0.05, 0) is 56.7 Å². The molecule has 18 heteroatoms. The summed E-state index contributed by atoms with van der Waals surface area (Å²) in [6.45, 7) is 14.3. The van der Waals surface area contributed by atoms with Crippen molar-refractivity contribution in [3.05, 3.63) is 52.0 Å². The Bertz CT molecular complexity index is 1850. The fourth-order valence-corrected chi connectivity index (χ4v) is 9.78. The number of methoxy groups -OCH3 is 2. The Labute approximate surface area is 390 Å². The summed E-state index contributed by atoms with van der Waals surface area (Å²) < 4.78 is 12.1. The summed E-state index contributed by atoms with van der Waals surface area (Å²) in [5, 5.41) is 19.5. The van der Waals surface area contributed by atoms with Gasteiger partial charge in [-0.25, -0.2) is 9.78 Å². The number of likely N-dealkylation sites (tertiary alicyclic amines) is 1. The predicted octanol–water partition coefficient (Wildman–Crippen LogP) is 4.53. The molecular formula is C47H76N8O9S. The summed E-state index contributed by atoms with van der Waals surface area (Å²) in [6.07, 6.45) is -0.0837. The van der Waals surface area contributed by atoms with Crippen LogP contribution in [-0.4, -0.2) is 164 Å². The lowest BCUT2D eigenvalue weighted by molar-refractivity contribution is -0.148. The van der Waals surface area contributed by atoms with Gasteiger partial charge >= 0.3 is 6.09 Å². The van der Waals surface area contributed by atoms with E-state index in [2.05, 4.69) is 20.9 Å². The summed E-state index contributed by atoms with van der Waals surface area (Å²) in [5.41, 5.74) is 1.13. The Morgan fingerprint density at radius 3 is 2.14 bits per heavy atom. The molecule has 1 aromatic carbocycles. The zero-order valence-corrected chi connectivity index (χ0v) is 41.6. The average Bonchev–Trinajstić information content (AvgIpc) is 3.96. The fraction of sp³-hybridized carbons (Fsp3) is 0.681. The Kier molecular flexibility index (Phi) is 21.8. The van der Waals surface area contributed by atoms with E-state index >= 15 is 0 Å². The number of rotatable bonds is 25. The number of aromatic nitrogens is 1. The van der Waals surface area contributed by atoms with E-state index in [1.165, 1.54) is 16.2 Å². The molecule has 0 radical (unpaired) electrons. The highest BCUT2D eigenvalue weighted by atomic mass is 32.1. The predicted molar refractivity (Wildman–Crippen MR) is 251 cm³/mol. The maximum Gasteiger partial charge on any atom is 0.404 e. The Morgan fingerprint density at radius 1 is 0.923 bits per heavy atom. The minimum absolute atomic E-state index is 0.0130. The second-order valence-electron chi connectivity index (χ2n) is 18.3. The molecule has 1 aromatic heterocycles. The van der Waals surface area contributed by atoms with Crippen molar-refractivity contribution in [2.24, 2.45) is 23.7 Å². The van der Waals surface area contributed by atoms with Crippen LogP contribution in [0.1, 0.15) is 101 Å². The molecule has 0 spiro atoms. The van der Waals surface area contributed by atoms with E-state index in [9.17, 15) is 28.8 Å². The number of carbonyl (C=O) groups excluding carboxylic acids is 5. The largest absolute Gasteiger partial charge is 0.465 e. The smallest absolute Gasteiger partial charge is 0.404 e. The first-order valence-corrected chi connectivity index (χ1v) is 23.7. The van der Waals surface area contributed by atoms with Gasteiger partial charge in [-0.2, -0.15) is 0 Å². The topological polar surface area (TPSA) is 203 Å². The number of nitrogens with one attached hydrogen (secondary N) is 3. The molecule has 65 heavy (non-hydrogen) atoms. The molecule has 0 bridgehead atoms. The van der Waals surface area contributed by atoms with E-state index in [-0.39, 0.29) is 72.5 Å². The lowest BCUT2D eigenvalue weighted by Crippen LogP contribution is -2.59. The highest BCUT2D eigenvalue weighted by Gasteiger charge is 2.43. The van der Waals surface area contributed by atoms with Crippen molar-refractivity contribution >= 4 is 47.0 Å². The van der Waals surface area contributed by atoms with Gasteiger partial charge in [0.15, 0.2) is 0 Å². The maximum absolute atomic E-state index is 14.5. The SMILES string of the molecule is CCC(C)C(C(CC(=O)N1CCC[C@H]1C(OC)C(C)C(=O)NC(Cc1ccccc1)c1nc(C(=O)N(C)CCNC(=O)O)cs1)OC)N(C)C(=O)C(NC(=O)C(C(C)C)N(C)C)C(C)C. The molecule has 2 aromatic rings. The van der Waals surface area contributed by atoms with E-state index in [1.54, 1.807) is 50.4 Å². The first-order valence-electron chi connectivity index (χ1n) is 22.8. The van der Waals surface area contributed by atoms with Gasteiger partial charge < -0.3 is 45.2 Å². The number of carboxylic acid groups (broad SMARTS) is 1. The molecule has 6 amide bonds. The molecule has 0 aliphatic carbocycles. The van der Waals surface area contributed by atoms with Crippen molar-refractivity contribution in [2.45, 2.75) is 123 Å². The molecule has 2 heterocycles. The van der Waals surface area contributed by atoms with Crippen LogP contribution in [0.3, 0.4) is 0 Å². The van der Waals surface area contributed by atoms with Crippen molar-refractivity contribution in [3.8, 4) is 0 Å². The van der Waals surface area contributed by atoms with Crippen LogP contribution in [0.4, 0.5) is 4.79 Å². The molecule has 9 atom stereocenters. The maximum atomic E-state index is 14.5. The van der Waals surface area contributed by atoms with E-state index < -0.39 is 54.4 Å². The molecule has 0 saturated carbocycles. The van der Waals surface area contributed by atoms with E-state index in [0.717, 1.165) is 5.56 Å². The standard InChI is InChI=1S/C47H76N8O9S/c1-14-30(6)40(54(11)46(60)38(28(2)3)51-43(58)39(29(4)5)52(8)9)36(63-12)26-37(56)55-23-18-21-35(55)41(64-13)31(7)42(57)49-33(25-32-19-16-15-17-20-32)44-50-34(27-65-44)45(59)53(10)24-22-48-47(61)62/h15-17,19-20,27-31,33,35-36,38-41,48H,14,18,21-26H2,1-13H3,(H,49,57)(H,51,58)(H,61,62)/t30?,31?,33?,35-,36?,38?,39?,40?,41?/m0/s1. The number of carbonyl (C=O) groups is 6. The van der Waals surface area contributed by atoms with Gasteiger partial charge in [-0.1, -0.05) is 85.2 Å². The Balaban J connectivity index is 1.83. The summed E-state index contributed by atoms with van der Waals surface area (Å²) in [7, 11) is 10.1. The lowest BCUT2D eigenvalue weighted by atomic mass is 9.89. The van der Waals surface area contributed by atoms with Gasteiger partial charge in [-0.3, -0.25) is 28.9 Å². The van der Waals surface area contributed by atoms with Crippen LogP contribution < -0.4 is 16.0 Å². The Hall–Kier alpha value is -4.65. The van der Waals surface area contributed by atoms with Crippen LogP contribution in [0.25, 0.3) is 0 Å². The van der Waals surface area contributed by atoms with Crippen molar-refractivity contribution in [1.82, 2.24) is 40.5 Å². The number of nitrogens with zero attached hydrogens (tertiary/aromatic N) is 5. The average molecular weight is 929 g/mol. The third-order valence-corrected chi connectivity index (χ3v) is 13.6. The molecule has 8 unspecified atom stereocenters. The number of thiazole rings is 1. The highest BCUT2D eigenvalue weighted by Crippen LogP contribution is 2.31. The zero-order valence-electron chi connectivity index (χ0n) is 40.8. The first-order chi connectivity index (χ1) is 30.7. The third kappa shape index (κ3) is 14.9. The van der Waals surface area contributed by atoms with Gasteiger partial charge in [0.05, 0.1) is 48.7 Å². The minimum Gasteiger partial charge on any atom is -0.465 e. The normalized spacial score (nSPS) is 17.7. The minimum atomic E-state index is -1.18. The number of benzene rings is 1. The van der Waals surface area contributed by atoms with Gasteiger partial charge in [0.2, 0.25) is 23.6 Å². The van der Waals surface area contributed by atoms with Gasteiger partial charge in [0.1, 0.15) is 16.7 Å². The van der Waals surface area contributed by atoms with Crippen molar-refractivity contribution < 1.29 is 43.3 Å². The quantitative estimate of drug-likeness (QED) is 0.109. The van der Waals surface area contributed by atoms with Gasteiger partial charge in [0, 0.05) is 53.3 Å². The monoisotopic (exact) mass is 929 g/mol. The van der Waals surface area contributed by atoms with Crippen LogP contribution in [0.5, 0.6) is 0 Å². The molecule has 1 aliphatic heterocycles. The third-order valence-electron chi connectivity index (χ3n) is 12.7. The first kappa shape index (κ1) is 54.7. The molecule has 3 rings (SSSR count). The molecule has 4 N–H and O–H groups in total. The summed E-state index contributed by atoms with van der Waals surface area (Å²) in [6, 6.07) is 6.92. The summed E-state index contributed by atoms with van der Waals surface area (Å²) in [5.74, 6) is -2.27. The highest BCUT2D eigenvalue weighted by molar-refractivity contribution is 7.09. The van der Waals surface area contributed by atoms with Crippen LogP contribution in [-0.2, 0) is 35.1 Å². The molecule has 1 aliphatic rings. The number of hydrogen-bond donors (Lipinski definition) is 4. The zero-order chi connectivity index (χ0) is 48.7. The fourth-order valence-electron chi connectivity index (χ4n) is 8.94. The number of amides is 6. The van der Waals surface area contributed by atoms with E-state index in [4.69, 9.17) is 14.6 Å². The van der Waals surface area contributed by atoms with Crippen molar-refractivity contribution in [2.75, 3.05) is 62.0 Å². The van der Waals surface area contributed by atoms with E-state index in [0.29, 0.717) is 37.2 Å². The lowest BCUT2D eigenvalue weighted by Gasteiger charge is -2.41. The number of likely N-dealkylation sites (N-methyl/N-ethyl adjacent to an activating group) is 3. The molecule has 364 valence electrons. The van der Waals surface area contributed by atoms with Crippen LogP contribution >= 0.6 is 11.3 Å². The number of hydrogen-bond acceptors (Lipinski definition) is 11. The van der Waals surface area contributed by atoms with Gasteiger partial charge in [0.25, 0.3) is 5.91 Å².